The topological polar surface area (TPSA) is 69.6 Å². The average molecular weight is 337 g/mol. The maximum atomic E-state index is 13.0. The van der Waals surface area contributed by atoms with Crippen LogP contribution in [0, 0.1) is 5.41 Å². The van der Waals surface area contributed by atoms with E-state index in [-0.39, 0.29) is 23.7 Å². The summed E-state index contributed by atoms with van der Waals surface area (Å²) in [5.41, 5.74) is -1.23. The number of carbonyl (C=O) groups excluding carboxylic acids is 2. The molecule has 2 atom stereocenters. The summed E-state index contributed by atoms with van der Waals surface area (Å²) in [5.74, 6) is -0.265. The Labute approximate surface area is 140 Å². The van der Waals surface area contributed by atoms with Crippen LogP contribution in [-0.4, -0.2) is 41.5 Å². The van der Waals surface area contributed by atoms with Crippen LogP contribution in [0.1, 0.15) is 31.7 Å². The molecule has 3 rings (SSSR count). The van der Waals surface area contributed by atoms with Gasteiger partial charge in [0.15, 0.2) is 5.60 Å². The van der Waals surface area contributed by atoms with E-state index in [4.69, 9.17) is 11.6 Å². The number of halogens is 1. The Kier molecular flexibility index (Phi) is 4.10. The molecule has 0 unspecified atom stereocenters. The van der Waals surface area contributed by atoms with Gasteiger partial charge in [0.2, 0.25) is 5.91 Å². The summed E-state index contributed by atoms with van der Waals surface area (Å²) in [6.45, 7) is 3.47. The Morgan fingerprint density at radius 2 is 2.30 bits per heavy atom. The van der Waals surface area contributed by atoms with Crippen molar-refractivity contribution in [2.24, 2.45) is 5.41 Å². The summed E-state index contributed by atoms with van der Waals surface area (Å²) in [6, 6.07) is 6.80. The van der Waals surface area contributed by atoms with Crippen LogP contribution in [0.25, 0.3) is 0 Å². The second-order valence-corrected chi connectivity index (χ2v) is 7.09. The quantitative estimate of drug-likeness (QED) is 0.882. The molecule has 2 saturated heterocycles. The summed E-state index contributed by atoms with van der Waals surface area (Å²) < 4.78 is 0. The Morgan fingerprint density at radius 3 is 2.91 bits per heavy atom. The molecule has 2 heterocycles. The molecule has 1 spiro atoms. The second kappa shape index (κ2) is 5.80. The van der Waals surface area contributed by atoms with Gasteiger partial charge in [-0.15, -0.1) is 0 Å². The Morgan fingerprint density at radius 1 is 1.52 bits per heavy atom. The zero-order valence-corrected chi connectivity index (χ0v) is 13.9. The van der Waals surface area contributed by atoms with Gasteiger partial charge in [-0.3, -0.25) is 9.59 Å². The summed E-state index contributed by atoms with van der Waals surface area (Å²) in [5, 5.41) is 14.3. The highest BCUT2D eigenvalue weighted by atomic mass is 35.5. The molecule has 2 amide bonds. The Bertz CT molecular complexity index is 650. The van der Waals surface area contributed by atoms with E-state index in [0.717, 1.165) is 6.42 Å². The third-order valence-corrected chi connectivity index (χ3v) is 5.32. The highest BCUT2D eigenvalue weighted by Crippen LogP contribution is 2.39. The molecule has 0 aromatic heterocycles. The van der Waals surface area contributed by atoms with Gasteiger partial charge in [-0.05, 0) is 30.5 Å². The third kappa shape index (κ3) is 2.83. The second-order valence-electron chi connectivity index (χ2n) is 6.65. The van der Waals surface area contributed by atoms with E-state index in [2.05, 4.69) is 5.32 Å². The monoisotopic (exact) mass is 336 g/mol. The Balaban J connectivity index is 1.82. The van der Waals surface area contributed by atoms with Crippen molar-refractivity contribution in [3.63, 3.8) is 0 Å². The van der Waals surface area contributed by atoms with Crippen molar-refractivity contribution in [1.29, 1.82) is 0 Å². The van der Waals surface area contributed by atoms with Crippen molar-refractivity contribution in [3.8, 4) is 0 Å². The first-order valence-electron chi connectivity index (χ1n) is 7.93. The standard InChI is InChI=1S/C17H21ClN2O3/c1-2-17(23,12-4-3-5-13(18)8-12)15(22)20-7-6-16(11-20)9-14(21)19-10-16/h3-5,8,23H,2,6-7,9-11H2,1H3,(H,19,21)/t16-,17+/m1/s1. The zero-order chi connectivity index (χ0) is 16.7. The minimum absolute atomic E-state index is 0.0416. The van der Waals surface area contributed by atoms with Gasteiger partial charge in [0.1, 0.15) is 0 Å². The lowest BCUT2D eigenvalue weighted by molar-refractivity contribution is -0.152. The van der Waals surface area contributed by atoms with Gasteiger partial charge in [-0.25, -0.2) is 0 Å². The first-order valence-corrected chi connectivity index (χ1v) is 8.31. The van der Waals surface area contributed by atoms with Gasteiger partial charge in [0, 0.05) is 36.5 Å². The lowest BCUT2D eigenvalue weighted by atomic mass is 9.86. The van der Waals surface area contributed by atoms with Crippen LogP contribution < -0.4 is 5.32 Å². The molecule has 1 aromatic carbocycles. The predicted octanol–water partition coefficient (Wildman–Crippen LogP) is 1.68. The molecule has 0 aliphatic carbocycles. The molecule has 2 N–H and O–H groups in total. The number of hydrogen-bond acceptors (Lipinski definition) is 3. The van der Waals surface area contributed by atoms with E-state index in [1.807, 2.05) is 0 Å². The van der Waals surface area contributed by atoms with Crippen molar-refractivity contribution >= 4 is 23.4 Å². The van der Waals surface area contributed by atoms with E-state index in [1.54, 1.807) is 36.1 Å². The summed E-state index contributed by atoms with van der Waals surface area (Å²) in [7, 11) is 0. The van der Waals surface area contributed by atoms with Crippen LogP contribution in [0.3, 0.4) is 0 Å². The summed E-state index contributed by atoms with van der Waals surface area (Å²) in [4.78, 5) is 26.2. The number of benzene rings is 1. The van der Waals surface area contributed by atoms with E-state index >= 15 is 0 Å². The predicted molar refractivity (Wildman–Crippen MR) is 86.9 cm³/mol. The van der Waals surface area contributed by atoms with Gasteiger partial charge in [-0.1, -0.05) is 30.7 Å². The van der Waals surface area contributed by atoms with E-state index in [0.29, 0.717) is 36.6 Å². The third-order valence-electron chi connectivity index (χ3n) is 5.09. The van der Waals surface area contributed by atoms with Crippen molar-refractivity contribution in [2.75, 3.05) is 19.6 Å². The highest BCUT2D eigenvalue weighted by molar-refractivity contribution is 6.30. The SMILES string of the molecule is CC[C@@](O)(C(=O)N1CC[C@@]2(CNC(=O)C2)C1)c1cccc(Cl)c1. The van der Waals surface area contributed by atoms with Crippen molar-refractivity contribution < 1.29 is 14.7 Å². The molecule has 2 fully saturated rings. The normalized spacial score (nSPS) is 26.4. The molecule has 23 heavy (non-hydrogen) atoms. The van der Waals surface area contributed by atoms with Crippen LogP contribution in [0.15, 0.2) is 24.3 Å². The molecular formula is C17H21ClN2O3. The smallest absolute Gasteiger partial charge is 0.259 e. The lowest BCUT2D eigenvalue weighted by Gasteiger charge is -2.32. The fraction of sp³-hybridized carbons (Fsp3) is 0.529. The highest BCUT2D eigenvalue weighted by Gasteiger charge is 2.49. The van der Waals surface area contributed by atoms with Crippen molar-refractivity contribution in [2.45, 2.75) is 31.8 Å². The number of nitrogens with zero attached hydrogens (tertiary/aromatic N) is 1. The van der Waals surface area contributed by atoms with Gasteiger partial charge >= 0.3 is 0 Å². The molecule has 0 bridgehead atoms. The first kappa shape index (κ1) is 16.3. The van der Waals surface area contributed by atoms with Crippen LogP contribution in [-0.2, 0) is 15.2 Å². The first-order chi connectivity index (χ1) is 10.9. The largest absolute Gasteiger partial charge is 0.375 e. The number of carbonyl (C=O) groups is 2. The number of amides is 2. The van der Waals surface area contributed by atoms with Crippen LogP contribution in [0.5, 0.6) is 0 Å². The molecule has 0 saturated carbocycles. The number of hydrogen-bond donors (Lipinski definition) is 2. The molecule has 0 radical (unpaired) electrons. The maximum absolute atomic E-state index is 13.0. The fourth-order valence-corrected chi connectivity index (χ4v) is 3.83. The van der Waals surface area contributed by atoms with Crippen LogP contribution in [0.2, 0.25) is 5.02 Å². The Hall–Kier alpha value is -1.59. The van der Waals surface area contributed by atoms with E-state index in [1.165, 1.54) is 0 Å². The molecular weight excluding hydrogens is 316 g/mol. The van der Waals surface area contributed by atoms with Gasteiger partial charge in [0.25, 0.3) is 5.91 Å². The summed E-state index contributed by atoms with van der Waals surface area (Å²) >= 11 is 6.00. The average Bonchev–Trinajstić information content (AvgIpc) is 3.12. The van der Waals surface area contributed by atoms with Gasteiger partial charge < -0.3 is 15.3 Å². The number of likely N-dealkylation sites (tertiary alicyclic amines) is 1. The molecule has 2 aliphatic heterocycles. The number of nitrogens with one attached hydrogen (secondary N) is 1. The molecule has 2 aliphatic rings. The van der Waals surface area contributed by atoms with Gasteiger partial charge in [0.05, 0.1) is 0 Å². The minimum Gasteiger partial charge on any atom is -0.375 e. The van der Waals surface area contributed by atoms with Crippen LogP contribution >= 0.6 is 11.6 Å². The molecule has 6 heteroatoms. The fourth-order valence-electron chi connectivity index (χ4n) is 3.63. The zero-order valence-electron chi connectivity index (χ0n) is 13.1. The van der Waals surface area contributed by atoms with E-state index < -0.39 is 5.60 Å². The van der Waals surface area contributed by atoms with Crippen LogP contribution in [0.4, 0.5) is 0 Å². The molecule has 5 nitrogen and oxygen atoms in total. The van der Waals surface area contributed by atoms with Gasteiger partial charge in [-0.2, -0.15) is 0 Å². The number of rotatable bonds is 3. The number of aliphatic hydroxyl groups is 1. The van der Waals surface area contributed by atoms with Crippen molar-refractivity contribution in [3.05, 3.63) is 34.9 Å². The molecule has 124 valence electrons. The molecule has 1 aromatic rings. The minimum atomic E-state index is -1.58. The van der Waals surface area contributed by atoms with E-state index in [9.17, 15) is 14.7 Å². The van der Waals surface area contributed by atoms with Crippen molar-refractivity contribution in [1.82, 2.24) is 10.2 Å². The lowest BCUT2D eigenvalue weighted by Crippen LogP contribution is -2.46. The summed E-state index contributed by atoms with van der Waals surface area (Å²) in [6.07, 6.45) is 1.51. The maximum Gasteiger partial charge on any atom is 0.259 e.